The Bertz CT molecular complexity index is 2590. The van der Waals surface area contributed by atoms with E-state index in [4.69, 9.17) is 46.9 Å². The minimum Gasteiger partial charge on any atom is -0.463 e. The normalized spacial score (nSPS) is 25.2. The lowest BCUT2D eigenvalue weighted by molar-refractivity contribution is -0.360. The van der Waals surface area contributed by atoms with Crippen LogP contribution in [-0.2, 0) is 70.7 Å². The summed E-state index contributed by atoms with van der Waals surface area (Å²) in [5.74, 6) is -1.66. The van der Waals surface area contributed by atoms with E-state index in [1.54, 1.807) is 0 Å². The molecule has 0 spiro atoms. The molecule has 0 aromatic rings. The van der Waals surface area contributed by atoms with Crippen molar-refractivity contribution in [2.45, 2.75) is 531 Å². The zero-order valence-corrected chi connectivity index (χ0v) is 77.3. The number of carbonyl (C=O) groups excluding carboxylic acids is 4. The monoisotopic (exact) mass is 1750 g/mol. The molecule has 0 aromatic heterocycles. The molecule has 26 heteroatoms. The molecular formula is C95H177O25P. The second kappa shape index (κ2) is 72.1. The molecule has 2 aliphatic heterocycles. The molecule has 10 N–H and O–H groups in total. The van der Waals surface area contributed by atoms with Gasteiger partial charge >= 0.3 is 31.7 Å². The molecule has 3 fully saturated rings. The largest absolute Gasteiger partial charge is 0.472 e. The van der Waals surface area contributed by atoms with Crippen molar-refractivity contribution in [3.63, 3.8) is 0 Å². The van der Waals surface area contributed by atoms with E-state index in [0.29, 0.717) is 43.9 Å². The van der Waals surface area contributed by atoms with Gasteiger partial charge in [0, 0.05) is 25.7 Å². The first kappa shape index (κ1) is 112. The van der Waals surface area contributed by atoms with E-state index in [2.05, 4.69) is 53.7 Å². The molecule has 0 bridgehead atoms. The third-order valence-electron chi connectivity index (χ3n) is 24.6. The Balaban J connectivity index is 1.92. The fourth-order valence-corrected chi connectivity index (χ4v) is 17.5. The minimum absolute atomic E-state index is 0.0101. The van der Waals surface area contributed by atoms with Gasteiger partial charge in [-0.1, -0.05) is 362 Å². The van der Waals surface area contributed by atoms with E-state index in [1.165, 1.54) is 180 Å². The number of phosphoric acid groups is 1. The molecule has 0 aromatic carbocycles. The van der Waals surface area contributed by atoms with Gasteiger partial charge in [0.2, 0.25) is 0 Å². The number of hydrogen-bond acceptors (Lipinski definition) is 24. The SMILES string of the molecule is CCCCCC/C=C\CCCCCCCCCC(=O)OCC1OC(OC2C(OC(=O)CCCCCCCCC(C)CCCCCCCC)C(O)C(O)C(OC3OC(CO)C(O)C(O)C3O)C2OP(=O)(O)OCC(COC(=O)CCCCCCCCCCCCCCCCC)OC(=O)CCCCCCCCC(C)CCCCCCCC)C(O)C(O)C1O. The highest BCUT2D eigenvalue weighted by Crippen LogP contribution is 2.49. The van der Waals surface area contributed by atoms with Crippen molar-refractivity contribution in [1.82, 2.24) is 0 Å². The molecule has 121 heavy (non-hydrogen) atoms. The molecular weight excluding hydrogens is 1570 g/mol. The molecule has 20 atom stereocenters. The van der Waals surface area contributed by atoms with Crippen LogP contribution in [0.25, 0.3) is 0 Å². The second-order valence-corrected chi connectivity index (χ2v) is 37.2. The average Bonchev–Trinajstić information content (AvgIpc) is 0.754. The van der Waals surface area contributed by atoms with Crippen LogP contribution >= 0.6 is 7.82 Å². The van der Waals surface area contributed by atoms with Crippen molar-refractivity contribution < 1.29 is 122 Å². The Hall–Kier alpha value is -2.79. The zero-order chi connectivity index (χ0) is 88.5. The zero-order valence-electron chi connectivity index (χ0n) is 76.4. The molecule has 1 saturated carbocycles. The molecule has 1 aliphatic carbocycles. The molecule has 712 valence electrons. The standard InChI is InChI=1S/C95H177O25P/c1-7-11-15-19-23-25-27-29-31-33-35-37-39-49-57-65-78(97)111-70-75(114-80(99)67-59-51-43-41-47-55-63-73(5)61-53-45-21-17-13-9-3)71-113-121(109,110)120-93-91(118-94-88(107)84(103)82(101)76(69-96)115-94)87(106)86(105)90(117-81(100)68-60-52-44-42-48-56-64-74(6)62-54-46-22-18-14-10-4)92(93)119-95-89(108)85(104)83(102)77(116-95)72-112-79(98)66-58-50-40-38-36-34-32-30-28-26-24-20-16-12-8-2/h26,28,73-77,82-96,101-108H,7-25,27,29-72H2,1-6H3,(H,109,110)/b28-26-. The molecule has 3 rings (SSSR count). The fourth-order valence-electron chi connectivity index (χ4n) is 16.6. The maximum Gasteiger partial charge on any atom is 0.472 e. The lowest BCUT2D eigenvalue weighted by atomic mass is 9.84. The molecule has 20 unspecified atom stereocenters. The van der Waals surface area contributed by atoms with Crippen molar-refractivity contribution in [3.05, 3.63) is 12.2 Å². The number of carbonyl (C=O) groups is 4. The summed E-state index contributed by atoms with van der Waals surface area (Å²) in [6.07, 6.45) is 29.1. The molecule has 2 heterocycles. The highest BCUT2D eigenvalue weighted by atomic mass is 31.2. The van der Waals surface area contributed by atoms with Crippen LogP contribution in [0.5, 0.6) is 0 Å². The average molecular weight is 1750 g/mol. The summed E-state index contributed by atoms with van der Waals surface area (Å²) in [4.78, 5) is 66.7. The Morgan fingerprint density at radius 1 is 0.347 bits per heavy atom. The number of ether oxygens (including phenoxy) is 8. The Morgan fingerprint density at radius 2 is 0.669 bits per heavy atom. The Morgan fingerprint density at radius 3 is 1.07 bits per heavy atom. The van der Waals surface area contributed by atoms with E-state index in [-0.39, 0.29) is 25.7 Å². The van der Waals surface area contributed by atoms with Crippen LogP contribution in [-0.4, -0.2) is 205 Å². The van der Waals surface area contributed by atoms with Crippen LogP contribution in [0, 0.1) is 11.8 Å². The van der Waals surface area contributed by atoms with Gasteiger partial charge in [0.25, 0.3) is 0 Å². The van der Waals surface area contributed by atoms with Gasteiger partial charge in [-0.25, -0.2) is 4.57 Å². The van der Waals surface area contributed by atoms with Crippen molar-refractivity contribution in [1.29, 1.82) is 0 Å². The summed E-state index contributed by atoms with van der Waals surface area (Å²) in [7, 11) is -5.81. The van der Waals surface area contributed by atoms with Gasteiger partial charge in [0.1, 0.15) is 92.6 Å². The van der Waals surface area contributed by atoms with Crippen LogP contribution in [0.4, 0.5) is 0 Å². The predicted molar refractivity (Wildman–Crippen MR) is 472 cm³/mol. The third-order valence-corrected chi connectivity index (χ3v) is 25.5. The number of hydrogen-bond donors (Lipinski definition) is 10. The van der Waals surface area contributed by atoms with Crippen LogP contribution < -0.4 is 0 Å². The highest BCUT2D eigenvalue weighted by molar-refractivity contribution is 7.47. The van der Waals surface area contributed by atoms with Gasteiger partial charge in [-0.3, -0.25) is 28.2 Å². The number of esters is 4. The van der Waals surface area contributed by atoms with E-state index < -0.39 is 162 Å². The lowest BCUT2D eigenvalue weighted by Crippen LogP contribution is -2.70. The number of phosphoric ester groups is 1. The van der Waals surface area contributed by atoms with Crippen molar-refractivity contribution in [2.24, 2.45) is 11.8 Å². The van der Waals surface area contributed by atoms with Gasteiger partial charge in [-0.2, -0.15) is 0 Å². The topological polar surface area (TPSA) is 380 Å². The number of rotatable bonds is 79. The first-order chi connectivity index (χ1) is 58.5. The third kappa shape index (κ3) is 52.5. The number of aliphatic hydroxyl groups is 9. The van der Waals surface area contributed by atoms with Gasteiger partial charge in [-0.15, -0.1) is 0 Å². The minimum atomic E-state index is -5.81. The van der Waals surface area contributed by atoms with Crippen molar-refractivity contribution in [2.75, 3.05) is 26.4 Å². The van der Waals surface area contributed by atoms with E-state index in [1.807, 2.05) is 0 Å². The quantitative estimate of drug-likeness (QED) is 0.00889. The smallest absolute Gasteiger partial charge is 0.463 e. The highest BCUT2D eigenvalue weighted by Gasteiger charge is 2.60. The lowest BCUT2D eigenvalue weighted by Gasteiger charge is -2.50. The number of allylic oxidation sites excluding steroid dienone is 2. The summed E-state index contributed by atoms with van der Waals surface area (Å²) in [6.45, 7) is 10.2. The summed E-state index contributed by atoms with van der Waals surface area (Å²) in [5, 5.41) is 103. The molecule has 0 amide bonds. The van der Waals surface area contributed by atoms with Gasteiger partial charge in [0.05, 0.1) is 13.2 Å². The maximum absolute atomic E-state index is 15.0. The second-order valence-electron chi connectivity index (χ2n) is 35.8. The van der Waals surface area contributed by atoms with Gasteiger partial charge in [0.15, 0.2) is 24.8 Å². The van der Waals surface area contributed by atoms with E-state index in [9.17, 15) is 74.6 Å². The predicted octanol–water partition coefficient (Wildman–Crippen LogP) is 18.8. The van der Waals surface area contributed by atoms with E-state index >= 15 is 0 Å². The molecule has 2 saturated heterocycles. The first-order valence-electron chi connectivity index (χ1n) is 49.2. The van der Waals surface area contributed by atoms with Crippen LogP contribution in [0.3, 0.4) is 0 Å². The van der Waals surface area contributed by atoms with Crippen LogP contribution in [0.15, 0.2) is 12.2 Å². The fraction of sp³-hybridized carbons (Fsp3) is 0.937. The summed E-state index contributed by atoms with van der Waals surface area (Å²) < 4.78 is 73.7. The maximum atomic E-state index is 15.0. The van der Waals surface area contributed by atoms with Crippen molar-refractivity contribution in [3.8, 4) is 0 Å². The number of unbranched alkanes of at least 4 members (excludes halogenated alkanes) is 45. The van der Waals surface area contributed by atoms with Crippen LogP contribution in [0.2, 0.25) is 0 Å². The molecule has 0 radical (unpaired) electrons. The van der Waals surface area contributed by atoms with Crippen LogP contribution in [0.1, 0.15) is 427 Å². The Kier molecular flexibility index (Phi) is 66.9. The molecule has 3 aliphatic rings. The van der Waals surface area contributed by atoms with E-state index in [0.717, 1.165) is 148 Å². The van der Waals surface area contributed by atoms with Gasteiger partial charge < -0.3 is 88.7 Å². The summed E-state index contributed by atoms with van der Waals surface area (Å²) in [6, 6.07) is 0. The van der Waals surface area contributed by atoms with Crippen molar-refractivity contribution >= 4 is 31.7 Å². The number of aliphatic hydroxyl groups excluding tert-OH is 9. The summed E-state index contributed by atoms with van der Waals surface area (Å²) >= 11 is 0. The van der Waals surface area contributed by atoms with Gasteiger partial charge in [-0.05, 0) is 63.2 Å². The first-order valence-corrected chi connectivity index (χ1v) is 50.7. The Labute approximate surface area is 731 Å². The molecule has 25 nitrogen and oxygen atoms in total. The summed E-state index contributed by atoms with van der Waals surface area (Å²) in [5.41, 5.74) is 0.